The summed E-state index contributed by atoms with van der Waals surface area (Å²) in [5.41, 5.74) is 2.63. The van der Waals surface area contributed by atoms with Crippen LogP contribution in [0.5, 0.6) is 0 Å². The number of hydrazine groups is 1. The number of benzene rings is 3. The van der Waals surface area contributed by atoms with Crippen LogP contribution in [0.3, 0.4) is 0 Å². The Morgan fingerprint density at radius 2 is 1.88 bits per heavy atom. The number of carbonyl (C=O) groups is 2. The van der Waals surface area contributed by atoms with Crippen molar-refractivity contribution in [2.45, 2.75) is 19.1 Å². The van der Waals surface area contributed by atoms with Gasteiger partial charge in [0.15, 0.2) is 6.10 Å². The molecule has 8 nitrogen and oxygen atoms in total. The maximum absolute atomic E-state index is 14.0. The molecule has 4 aromatic rings. The number of hydrogen-bond donors (Lipinski definition) is 4. The zero-order valence-corrected chi connectivity index (χ0v) is 17.7. The molecule has 0 aliphatic rings. The molecule has 0 bridgehead atoms. The number of hydrogen-bond acceptors (Lipinski definition) is 5. The minimum absolute atomic E-state index is 0.0629. The van der Waals surface area contributed by atoms with Crippen molar-refractivity contribution in [1.82, 2.24) is 15.3 Å². The third-order valence-corrected chi connectivity index (χ3v) is 5.37. The van der Waals surface area contributed by atoms with Gasteiger partial charge >= 0.3 is 0 Å². The van der Waals surface area contributed by atoms with Crippen LogP contribution in [-0.4, -0.2) is 33.0 Å². The maximum atomic E-state index is 14.0. The fourth-order valence-electron chi connectivity index (χ4n) is 3.45. The molecule has 2 unspecified atom stereocenters. The number of nitrogens with two attached hydrogens (primary N) is 1. The lowest BCUT2D eigenvalue weighted by Gasteiger charge is -2.27. The molecule has 1 aromatic heterocycles. The van der Waals surface area contributed by atoms with Gasteiger partial charge in [-0.3, -0.25) is 9.59 Å². The van der Waals surface area contributed by atoms with Gasteiger partial charge in [-0.2, -0.15) is 0 Å². The molecule has 9 heteroatoms. The molecule has 0 radical (unpaired) electrons. The molecular weight excluding hydrogens is 425 g/mol. The van der Waals surface area contributed by atoms with Crippen LogP contribution >= 0.6 is 0 Å². The second-order valence-corrected chi connectivity index (χ2v) is 7.58. The number of aryl methyl sites for hydroxylation is 1. The van der Waals surface area contributed by atoms with Gasteiger partial charge in [0.25, 0.3) is 11.8 Å². The van der Waals surface area contributed by atoms with Crippen LogP contribution < -0.4 is 16.2 Å². The van der Waals surface area contributed by atoms with Gasteiger partial charge in [-0.15, -0.1) is 0 Å². The Balaban J connectivity index is 1.61. The van der Waals surface area contributed by atoms with E-state index in [-0.39, 0.29) is 5.56 Å². The topological polar surface area (TPSA) is 124 Å². The van der Waals surface area contributed by atoms with Crippen molar-refractivity contribution in [3.8, 4) is 0 Å². The number of halogens is 1. The molecule has 33 heavy (non-hydrogen) atoms. The van der Waals surface area contributed by atoms with Gasteiger partial charge in [-0.1, -0.05) is 36.4 Å². The lowest BCUT2D eigenvalue weighted by molar-refractivity contribution is -0.128. The Morgan fingerprint density at radius 3 is 2.61 bits per heavy atom. The van der Waals surface area contributed by atoms with E-state index in [0.717, 1.165) is 11.1 Å². The molecule has 0 aliphatic heterocycles. The molecule has 0 spiro atoms. The molecule has 0 saturated heterocycles. The predicted molar refractivity (Wildman–Crippen MR) is 122 cm³/mol. The first-order chi connectivity index (χ1) is 15.8. The molecule has 0 saturated carbocycles. The predicted octanol–water partition coefficient (Wildman–Crippen LogP) is 2.75. The smallest absolute Gasteiger partial charge is 0.272 e. The standard InChI is InChI=1S/C24H22FN5O3/c1-14-7-8-16(11-18(14)25)23(32)29-21(15-5-3-2-4-6-15)22(31)24(33)30(26)17-9-10-19-20(12-17)28-13-27-19/h2-13,21-22,31H,26H2,1H3,(H,27,28)(H,29,32). The monoisotopic (exact) mass is 447 g/mol. The minimum Gasteiger partial charge on any atom is -0.381 e. The summed E-state index contributed by atoms with van der Waals surface area (Å²) in [6.07, 6.45) is -0.199. The average Bonchev–Trinajstić information content (AvgIpc) is 3.31. The fraction of sp³-hybridized carbons (Fsp3) is 0.125. The summed E-state index contributed by atoms with van der Waals surface area (Å²) in [5.74, 6) is 4.01. The molecule has 2 atom stereocenters. The van der Waals surface area contributed by atoms with Crippen LogP contribution in [0.2, 0.25) is 0 Å². The van der Waals surface area contributed by atoms with Crippen molar-refractivity contribution < 1.29 is 19.1 Å². The number of fused-ring (bicyclic) bond motifs is 1. The molecule has 3 aromatic carbocycles. The summed E-state index contributed by atoms with van der Waals surface area (Å²) in [6, 6.07) is 16.3. The number of imidazole rings is 1. The number of amides is 2. The molecule has 2 amide bonds. The van der Waals surface area contributed by atoms with E-state index in [4.69, 9.17) is 5.84 Å². The molecule has 1 heterocycles. The number of anilines is 1. The summed E-state index contributed by atoms with van der Waals surface area (Å²) in [7, 11) is 0. The van der Waals surface area contributed by atoms with Crippen molar-refractivity contribution in [3.05, 3.63) is 95.6 Å². The molecule has 5 N–H and O–H groups in total. The van der Waals surface area contributed by atoms with Gasteiger partial charge in [0.2, 0.25) is 0 Å². The van der Waals surface area contributed by atoms with E-state index in [0.29, 0.717) is 27.8 Å². The number of aromatic amines is 1. The first-order valence-electron chi connectivity index (χ1n) is 10.2. The zero-order chi connectivity index (χ0) is 23.5. The lowest BCUT2D eigenvalue weighted by Crippen LogP contribution is -2.50. The van der Waals surface area contributed by atoms with E-state index >= 15 is 0 Å². The van der Waals surface area contributed by atoms with Gasteiger partial charge in [0, 0.05) is 5.56 Å². The number of aliphatic hydroxyl groups excluding tert-OH is 1. The Hall–Kier alpha value is -4.08. The van der Waals surface area contributed by atoms with Crippen LogP contribution in [0.15, 0.2) is 73.1 Å². The highest BCUT2D eigenvalue weighted by Gasteiger charge is 2.32. The zero-order valence-electron chi connectivity index (χ0n) is 17.7. The van der Waals surface area contributed by atoms with E-state index < -0.39 is 29.8 Å². The van der Waals surface area contributed by atoms with Crippen molar-refractivity contribution >= 4 is 28.5 Å². The normalized spacial score (nSPS) is 12.8. The van der Waals surface area contributed by atoms with Gasteiger partial charge < -0.3 is 15.4 Å². The number of nitrogens with one attached hydrogen (secondary N) is 2. The van der Waals surface area contributed by atoms with Crippen LogP contribution in [0.25, 0.3) is 11.0 Å². The summed E-state index contributed by atoms with van der Waals surface area (Å²) < 4.78 is 14.0. The quantitative estimate of drug-likeness (QED) is 0.206. The van der Waals surface area contributed by atoms with Gasteiger partial charge in [0.05, 0.1) is 29.1 Å². The van der Waals surface area contributed by atoms with Crippen molar-refractivity contribution in [3.63, 3.8) is 0 Å². The van der Waals surface area contributed by atoms with Crippen LogP contribution in [0.4, 0.5) is 10.1 Å². The van der Waals surface area contributed by atoms with E-state index in [9.17, 15) is 19.1 Å². The first kappa shape index (κ1) is 22.1. The van der Waals surface area contributed by atoms with E-state index in [2.05, 4.69) is 15.3 Å². The number of H-pyrrole nitrogens is 1. The van der Waals surface area contributed by atoms with Crippen LogP contribution in [0, 0.1) is 12.7 Å². The average molecular weight is 447 g/mol. The van der Waals surface area contributed by atoms with E-state index in [1.54, 1.807) is 55.5 Å². The largest absolute Gasteiger partial charge is 0.381 e. The maximum Gasteiger partial charge on any atom is 0.272 e. The van der Waals surface area contributed by atoms with Gasteiger partial charge in [-0.25, -0.2) is 20.2 Å². The highest BCUT2D eigenvalue weighted by molar-refractivity contribution is 5.99. The Kier molecular flexibility index (Phi) is 6.16. The Bertz CT molecular complexity index is 1310. The molecular formula is C24H22FN5O3. The van der Waals surface area contributed by atoms with Crippen molar-refractivity contribution in [2.75, 3.05) is 5.01 Å². The molecule has 0 aliphatic carbocycles. The summed E-state index contributed by atoms with van der Waals surface area (Å²) in [6.45, 7) is 1.59. The lowest BCUT2D eigenvalue weighted by atomic mass is 9.99. The number of nitrogens with zero attached hydrogens (tertiary/aromatic N) is 2. The molecule has 4 rings (SSSR count). The third-order valence-electron chi connectivity index (χ3n) is 5.37. The van der Waals surface area contributed by atoms with E-state index in [1.807, 2.05) is 0 Å². The molecule has 168 valence electrons. The summed E-state index contributed by atoms with van der Waals surface area (Å²) in [4.78, 5) is 32.9. The number of carbonyl (C=O) groups excluding carboxylic acids is 2. The number of rotatable bonds is 6. The fourth-order valence-corrected chi connectivity index (χ4v) is 3.45. The van der Waals surface area contributed by atoms with Crippen LogP contribution in [-0.2, 0) is 4.79 Å². The second-order valence-electron chi connectivity index (χ2n) is 7.58. The summed E-state index contributed by atoms with van der Waals surface area (Å²) in [5, 5.41) is 14.4. The number of aromatic nitrogens is 2. The SMILES string of the molecule is Cc1ccc(C(=O)NC(c2ccccc2)C(O)C(=O)N(N)c2ccc3nc[nH]c3c2)cc1F. The Labute approximate surface area is 188 Å². The summed E-state index contributed by atoms with van der Waals surface area (Å²) >= 11 is 0. The minimum atomic E-state index is -1.71. The van der Waals surface area contributed by atoms with Crippen molar-refractivity contribution in [1.29, 1.82) is 0 Å². The first-order valence-corrected chi connectivity index (χ1v) is 10.2. The molecule has 0 fully saturated rings. The highest BCUT2D eigenvalue weighted by Crippen LogP contribution is 2.23. The van der Waals surface area contributed by atoms with Gasteiger partial charge in [-0.05, 0) is 48.4 Å². The highest BCUT2D eigenvalue weighted by atomic mass is 19.1. The van der Waals surface area contributed by atoms with Gasteiger partial charge in [0.1, 0.15) is 5.82 Å². The third kappa shape index (κ3) is 4.59. The van der Waals surface area contributed by atoms with Crippen molar-refractivity contribution in [2.24, 2.45) is 5.84 Å². The second kappa shape index (κ2) is 9.19. The van der Waals surface area contributed by atoms with Crippen LogP contribution in [0.1, 0.15) is 27.5 Å². The Morgan fingerprint density at radius 1 is 1.12 bits per heavy atom. The van der Waals surface area contributed by atoms with E-state index in [1.165, 1.54) is 18.5 Å². The number of aliphatic hydroxyl groups is 1.